The van der Waals surface area contributed by atoms with Gasteiger partial charge < -0.3 is 15.4 Å². The van der Waals surface area contributed by atoms with E-state index < -0.39 is 0 Å². The van der Waals surface area contributed by atoms with Crippen molar-refractivity contribution in [2.75, 3.05) is 12.4 Å². The largest absolute Gasteiger partial charge is 0.465 e. The molecular weight excluding hydrogens is 464 g/mol. The molecule has 0 unspecified atom stereocenters. The second-order valence-corrected chi connectivity index (χ2v) is 9.28. The minimum Gasteiger partial charge on any atom is -0.465 e. The van der Waals surface area contributed by atoms with E-state index in [4.69, 9.17) is 22.1 Å². The molecule has 4 aromatic rings. The maximum Gasteiger partial charge on any atom is 0.341 e. The number of ether oxygens (including phenoxy) is 1. The van der Waals surface area contributed by atoms with E-state index >= 15 is 0 Å². The van der Waals surface area contributed by atoms with Crippen molar-refractivity contribution >= 4 is 39.6 Å². The summed E-state index contributed by atoms with van der Waals surface area (Å²) in [4.78, 5) is 13.5. The molecule has 4 rings (SSSR count). The molecule has 2 aromatic carbocycles. The van der Waals surface area contributed by atoms with Gasteiger partial charge in [0.2, 0.25) is 0 Å². The predicted octanol–water partition coefficient (Wildman–Crippen LogP) is 5.74. The highest BCUT2D eigenvalue weighted by molar-refractivity contribution is 7.80. The molecule has 0 bridgehead atoms. The molecule has 0 aliphatic heterocycles. The third-order valence-electron chi connectivity index (χ3n) is 5.48. The molecule has 174 valence electrons. The van der Waals surface area contributed by atoms with E-state index in [0.717, 1.165) is 39.4 Å². The van der Waals surface area contributed by atoms with Crippen molar-refractivity contribution in [2.45, 2.75) is 26.8 Å². The lowest BCUT2D eigenvalue weighted by molar-refractivity contribution is 0.0601. The topological polar surface area (TPSA) is 68.2 Å². The van der Waals surface area contributed by atoms with Crippen LogP contribution in [0.3, 0.4) is 0 Å². The van der Waals surface area contributed by atoms with Gasteiger partial charge in [-0.3, -0.25) is 0 Å². The quantitative estimate of drug-likeness (QED) is 0.254. The van der Waals surface area contributed by atoms with E-state index in [1.165, 1.54) is 18.4 Å². The lowest BCUT2D eigenvalue weighted by atomic mass is 10.1. The predicted molar refractivity (Wildman–Crippen MR) is 142 cm³/mol. The maximum atomic E-state index is 12.4. The van der Waals surface area contributed by atoms with Gasteiger partial charge in [-0.25, -0.2) is 9.48 Å². The first-order valence-electron chi connectivity index (χ1n) is 11.0. The van der Waals surface area contributed by atoms with Crippen LogP contribution in [0.15, 0.2) is 66.9 Å². The number of thiophene rings is 1. The lowest BCUT2D eigenvalue weighted by Crippen LogP contribution is -2.28. The van der Waals surface area contributed by atoms with Gasteiger partial charge in [-0.15, -0.1) is 11.3 Å². The Labute approximate surface area is 208 Å². The number of hydrogen-bond donors (Lipinski definition) is 2. The summed E-state index contributed by atoms with van der Waals surface area (Å²) in [5.74, 6) is -0.359. The third kappa shape index (κ3) is 5.03. The summed E-state index contributed by atoms with van der Waals surface area (Å²) in [5, 5.41) is 12.4. The second kappa shape index (κ2) is 10.6. The number of hydrogen-bond acceptors (Lipinski definition) is 5. The van der Waals surface area contributed by atoms with Crippen LogP contribution < -0.4 is 10.6 Å². The van der Waals surface area contributed by atoms with Gasteiger partial charge >= 0.3 is 5.97 Å². The van der Waals surface area contributed by atoms with Crippen LogP contribution in [-0.4, -0.2) is 28.0 Å². The maximum absolute atomic E-state index is 12.4. The molecule has 2 N–H and O–H groups in total. The highest BCUT2D eigenvalue weighted by Gasteiger charge is 2.22. The summed E-state index contributed by atoms with van der Waals surface area (Å²) >= 11 is 7.08. The first-order chi connectivity index (χ1) is 16.5. The number of methoxy groups -OCH3 is 1. The van der Waals surface area contributed by atoms with Crippen molar-refractivity contribution in [3.05, 3.63) is 88.4 Å². The molecule has 8 heteroatoms. The lowest BCUT2D eigenvalue weighted by Gasteiger charge is -2.11. The number of aryl methyl sites for hydroxylation is 1. The molecule has 0 aliphatic rings. The van der Waals surface area contributed by atoms with Gasteiger partial charge in [0, 0.05) is 28.7 Å². The summed E-state index contributed by atoms with van der Waals surface area (Å²) in [7, 11) is 1.39. The number of esters is 1. The number of anilines is 1. The van der Waals surface area contributed by atoms with Crippen LogP contribution in [0, 0.1) is 6.92 Å². The number of benzene rings is 2. The third-order valence-corrected chi connectivity index (χ3v) is 6.79. The Balaban J connectivity index is 1.56. The number of aromatic nitrogens is 2. The van der Waals surface area contributed by atoms with E-state index in [9.17, 15) is 4.79 Å². The standard InChI is InChI=1S/C26H26N4O2S2/c1-4-21-17(2)34-24(22(21)25(31)32-3)28-26(33)27-15-19-16-30(20-13-9-6-10-14-20)29-23(19)18-11-7-5-8-12-18/h5-14,16H,4,15H2,1-3H3,(H2,27,28,33). The Morgan fingerprint density at radius 1 is 1.12 bits per heavy atom. The van der Waals surface area contributed by atoms with Crippen LogP contribution in [0.2, 0.25) is 0 Å². The second-order valence-electron chi connectivity index (χ2n) is 7.64. The summed E-state index contributed by atoms with van der Waals surface area (Å²) in [6.07, 6.45) is 2.76. The van der Waals surface area contributed by atoms with Crippen molar-refractivity contribution in [2.24, 2.45) is 0 Å². The average molecular weight is 491 g/mol. The molecule has 6 nitrogen and oxygen atoms in total. The SMILES string of the molecule is CCc1c(C)sc(NC(=S)NCc2cn(-c3ccccc3)nc2-c2ccccc2)c1C(=O)OC. The summed E-state index contributed by atoms with van der Waals surface area (Å²) < 4.78 is 6.88. The van der Waals surface area contributed by atoms with Crippen molar-refractivity contribution < 1.29 is 9.53 Å². The van der Waals surface area contributed by atoms with Gasteiger partial charge in [0.25, 0.3) is 0 Å². The van der Waals surface area contributed by atoms with Crippen LogP contribution in [-0.2, 0) is 17.7 Å². The van der Waals surface area contributed by atoms with Gasteiger partial charge in [-0.05, 0) is 43.3 Å². The number of para-hydroxylation sites is 1. The monoisotopic (exact) mass is 490 g/mol. The normalized spacial score (nSPS) is 10.7. The number of rotatable bonds is 7. The molecule has 0 saturated heterocycles. The van der Waals surface area contributed by atoms with Crippen molar-refractivity contribution in [1.29, 1.82) is 0 Å². The van der Waals surface area contributed by atoms with Crippen molar-refractivity contribution in [1.82, 2.24) is 15.1 Å². The minimum absolute atomic E-state index is 0.359. The van der Waals surface area contributed by atoms with E-state index in [1.807, 2.05) is 85.4 Å². The first-order valence-corrected chi connectivity index (χ1v) is 12.2. The highest BCUT2D eigenvalue weighted by Crippen LogP contribution is 2.34. The molecule has 0 saturated carbocycles. The molecule has 0 spiro atoms. The fourth-order valence-electron chi connectivity index (χ4n) is 3.82. The average Bonchev–Trinajstić information content (AvgIpc) is 3.43. The van der Waals surface area contributed by atoms with Gasteiger partial charge in [0.05, 0.1) is 24.1 Å². The van der Waals surface area contributed by atoms with E-state index in [1.54, 1.807) is 0 Å². The molecule has 2 heterocycles. The van der Waals surface area contributed by atoms with Gasteiger partial charge in [0.1, 0.15) is 5.00 Å². The van der Waals surface area contributed by atoms with Crippen LogP contribution in [0.1, 0.15) is 33.3 Å². The fraction of sp³-hybridized carbons (Fsp3) is 0.192. The summed E-state index contributed by atoms with van der Waals surface area (Å²) in [5.41, 5.74) is 5.44. The number of carbonyl (C=O) groups excluding carboxylic acids is 1. The summed E-state index contributed by atoms with van der Waals surface area (Å²) in [6.45, 7) is 4.50. The number of nitrogens with one attached hydrogen (secondary N) is 2. The number of carbonyl (C=O) groups is 1. The Kier molecular flexibility index (Phi) is 7.40. The smallest absolute Gasteiger partial charge is 0.341 e. The Morgan fingerprint density at radius 3 is 2.44 bits per heavy atom. The summed E-state index contributed by atoms with van der Waals surface area (Å²) in [6, 6.07) is 20.1. The molecular formula is C26H26N4O2S2. The molecule has 0 aliphatic carbocycles. The van der Waals surface area contributed by atoms with E-state index in [2.05, 4.69) is 10.6 Å². The molecule has 0 amide bonds. The number of nitrogens with zero attached hydrogens (tertiary/aromatic N) is 2. The zero-order chi connectivity index (χ0) is 24.1. The zero-order valence-electron chi connectivity index (χ0n) is 19.3. The Hall–Kier alpha value is -3.49. The highest BCUT2D eigenvalue weighted by atomic mass is 32.1. The minimum atomic E-state index is -0.359. The van der Waals surface area contributed by atoms with Crippen molar-refractivity contribution in [3.63, 3.8) is 0 Å². The first kappa shape index (κ1) is 23.7. The zero-order valence-corrected chi connectivity index (χ0v) is 20.9. The van der Waals surface area contributed by atoms with Crippen molar-refractivity contribution in [3.8, 4) is 16.9 Å². The van der Waals surface area contributed by atoms with E-state index in [0.29, 0.717) is 22.2 Å². The molecule has 0 atom stereocenters. The molecule has 34 heavy (non-hydrogen) atoms. The van der Waals surface area contributed by atoms with Crippen LogP contribution >= 0.6 is 23.6 Å². The molecule has 0 radical (unpaired) electrons. The van der Waals surface area contributed by atoms with Crippen LogP contribution in [0.5, 0.6) is 0 Å². The van der Waals surface area contributed by atoms with Crippen LogP contribution in [0.4, 0.5) is 5.00 Å². The molecule has 2 aromatic heterocycles. The van der Waals surface area contributed by atoms with Gasteiger partial charge in [-0.1, -0.05) is 55.5 Å². The van der Waals surface area contributed by atoms with Gasteiger partial charge in [0.15, 0.2) is 5.11 Å². The Bertz CT molecular complexity index is 1300. The van der Waals surface area contributed by atoms with Gasteiger partial charge in [-0.2, -0.15) is 5.10 Å². The number of thiocarbonyl (C=S) groups is 1. The fourth-order valence-corrected chi connectivity index (χ4v) is 5.20. The van der Waals surface area contributed by atoms with E-state index in [-0.39, 0.29) is 5.97 Å². The molecule has 0 fully saturated rings. The Morgan fingerprint density at radius 2 is 1.79 bits per heavy atom. The van der Waals surface area contributed by atoms with Crippen LogP contribution in [0.25, 0.3) is 16.9 Å².